The summed E-state index contributed by atoms with van der Waals surface area (Å²) in [6.07, 6.45) is 4.42. The fraction of sp³-hybridized carbons (Fsp3) is 0.500. The molecule has 1 aromatic heterocycles. The van der Waals surface area contributed by atoms with Gasteiger partial charge in [-0.1, -0.05) is 25.0 Å². The second kappa shape index (κ2) is 6.72. The number of nitrogens with one attached hydrogen (secondary N) is 1. The molecule has 1 heterocycles. The third-order valence-corrected chi connectivity index (χ3v) is 3.59. The number of aromatic nitrogens is 2. The van der Waals surface area contributed by atoms with Crippen molar-refractivity contribution in [3.05, 3.63) is 24.3 Å². The second-order valence-electron chi connectivity index (χ2n) is 6.06. The van der Waals surface area contributed by atoms with Crippen molar-refractivity contribution in [1.82, 2.24) is 9.97 Å². The third-order valence-electron chi connectivity index (χ3n) is 3.59. The van der Waals surface area contributed by atoms with Gasteiger partial charge >= 0.3 is 0 Å². The van der Waals surface area contributed by atoms with Crippen molar-refractivity contribution in [2.24, 2.45) is 5.73 Å². The minimum absolute atomic E-state index is 0.0660. The molecular weight excluding hydrogens is 262 g/mol. The molecule has 0 spiro atoms. The second-order valence-corrected chi connectivity index (χ2v) is 6.06. The topological polar surface area (TPSA) is 89.8 Å². The van der Waals surface area contributed by atoms with Crippen LogP contribution in [0.25, 0.3) is 10.9 Å². The van der Waals surface area contributed by atoms with Gasteiger partial charge < -0.3 is 16.8 Å². The van der Waals surface area contributed by atoms with E-state index in [1.165, 1.54) is 0 Å². The highest BCUT2D eigenvalue weighted by Crippen LogP contribution is 2.23. The maximum Gasteiger partial charge on any atom is 0.225 e. The van der Waals surface area contributed by atoms with Crippen LogP contribution in [0.4, 0.5) is 11.8 Å². The van der Waals surface area contributed by atoms with E-state index in [4.69, 9.17) is 11.5 Å². The lowest BCUT2D eigenvalue weighted by molar-refractivity contribution is 0.478. The average molecular weight is 287 g/mol. The lowest BCUT2D eigenvalue weighted by Crippen LogP contribution is -2.31. The van der Waals surface area contributed by atoms with Crippen molar-refractivity contribution in [2.45, 2.75) is 45.1 Å². The van der Waals surface area contributed by atoms with Gasteiger partial charge in [-0.3, -0.25) is 0 Å². The number of unbranched alkanes of at least 4 members (excludes halogenated alkanes) is 2. The summed E-state index contributed by atoms with van der Waals surface area (Å²) in [6, 6.07) is 7.78. The van der Waals surface area contributed by atoms with Crippen LogP contribution in [0, 0.1) is 0 Å². The van der Waals surface area contributed by atoms with Gasteiger partial charge in [-0.05, 0) is 45.4 Å². The van der Waals surface area contributed by atoms with Crippen LogP contribution in [0.2, 0.25) is 0 Å². The quantitative estimate of drug-likeness (QED) is 0.681. The zero-order valence-electron chi connectivity index (χ0n) is 12.9. The minimum Gasteiger partial charge on any atom is -0.383 e. The molecule has 0 aliphatic carbocycles. The van der Waals surface area contributed by atoms with E-state index in [9.17, 15) is 0 Å². The minimum atomic E-state index is -0.0660. The summed E-state index contributed by atoms with van der Waals surface area (Å²) in [5, 5.41) is 4.29. The lowest BCUT2D eigenvalue weighted by atomic mass is 9.97. The van der Waals surface area contributed by atoms with Gasteiger partial charge in [0, 0.05) is 10.9 Å². The normalized spacial score (nSPS) is 11.8. The Kier molecular flexibility index (Phi) is 4.96. The smallest absolute Gasteiger partial charge is 0.225 e. The summed E-state index contributed by atoms with van der Waals surface area (Å²) in [6.45, 7) is 5.08. The molecule has 0 fully saturated rings. The molecular formula is C16H25N5. The number of nitrogens with zero attached hydrogens (tertiary/aromatic N) is 2. The van der Waals surface area contributed by atoms with Crippen LogP contribution < -0.4 is 16.8 Å². The highest BCUT2D eigenvalue weighted by atomic mass is 15.2. The Morgan fingerprint density at radius 1 is 1.10 bits per heavy atom. The maximum absolute atomic E-state index is 6.01. The van der Waals surface area contributed by atoms with Gasteiger partial charge in [0.2, 0.25) is 5.95 Å². The predicted molar refractivity (Wildman–Crippen MR) is 89.2 cm³/mol. The zero-order valence-corrected chi connectivity index (χ0v) is 12.9. The molecule has 0 aliphatic heterocycles. The molecule has 0 bridgehead atoms. The van der Waals surface area contributed by atoms with Gasteiger partial charge in [-0.15, -0.1) is 0 Å². The highest BCUT2D eigenvalue weighted by Gasteiger charge is 2.18. The average Bonchev–Trinajstić information content (AvgIpc) is 2.43. The fourth-order valence-electron chi connectivity index (χ4n) is 2.41. The van der Waals surface area contributed by atoms with Gasteiger partial charge in [0.15, 0.2) is 0 Å². The molecule has 21 heavy (non-hydrogen) atoms. The number of benzene rings is 1. The Labute approximate surface area is 126 Å². The molecule has 1 aromatic carbocycles. The number of hydrogen-bond donors (Lipinski definition) is 3. The molecule has 0 atom stereocenters. The van der Waals surface area contributed by atoms with E-state index < -0.39 is 0 Å². The largest absolute Gasteiger partial charge is 0.383 e. The van der Waals surface area contributed by atoms with Crippen LogP contribution in [-0.4, -0.2) is 22.1 Å². The zero-order chi connectivity index (χ0) is 15.3. The third kappa shape index (κ3) is 4.29. The summed E-state index contributed by atoms with van der Waals surface area (Å²) < 4.78 is 0. The molecule has 5 nitrogen and oxygen atoms in total. The molecule has 0 saturated heterocycles. The highest BCUT2D eigenvalue weighted by molar-refractivity contribution is 5.88. The van der Waals surface area contributed by atoms with Crippen molar-refractivity contribution in [1.29, 1.82) is 0 Å². The van der Waals surface area contributed by atoms with Crippen molar-refractivity contribution in [3.63, 3.8) is 0 Å². The van der Waals surface area contributed by atoms with Crippen LogP contribution in [0.5, 0.6) is 0 Å². The summed E-state index contributed by atoms with van der Waals surface area (Å²) in [7, 11) is 0. The number of para-hydroxylation sites is 1. The molecule has 2 rings (SSSR count). The Bertz CT molecular complexity index is 594. The van der Waals surface area contributed by atoms with Crippen molar-refractivity contribution >= 4 is 22.7 Å². The van der Waals surface area contributed by atoms with Crippen LogP contribution in [-0.2, 0) is 0 Å². The van der Waals surface area contributed by atoms with E-state index in [2.05, 4.69) is 29.1 Å². The Morgan fingerprint density at radius 3 is 2.62 bits per heavy atom. The number of rotatable bonds is 7. The van der Waals surface area contributed by atoms with E-state index in [1.807, 2.05) is 24.3 Å². The van der Waals surface area contributed by atoms with Crippen LogP contribution in [0.3, 0.4) is 0 Å². The van der Waals surface area contributed by atoms with E-state index in [0.29, 0.717) is 11.8 Å². The van der Waals surface area contributed by atoms with E-state index in [1.54, 1.807) is 0 Å². The van der Waals surface area contributed by atoms with Gasteiger partial charge in [0.25, 0.3) is 0 Å². The van der Waals surface area contributed by atoms with E-state index in [0.717, 1.165) is 43.1 Å². The van der Waals surface area contributed by atoms with Gasteiger partial charge in [-0.25, -0.2) is 4.98 Å². The summed E-state index contributed by atoms with van der Waals surface area (Å²) in [4.78, 5) is 8.91. The van der Waals surface area contributed by atoms with Crippen molar-refractivity contribution in [3.8, 4) is 0 Å². The Morgan fingerprint density at radius 2 is 1.86 bits per heavy atom. The van der Waals surface area contributed by atoms with Crippen LogP contribution >= 0.6 is 0 Å². The lowest BCUT2D eigenvalue weighted by Gasteiger charge is -2.26. The first kappa shape index (κ1) is 15.5. The van der Waals surface area contributed by atoms with Gasteiger partial charge in [-0.2, -0.15) is 4.98 Å². The monoisotopic (exact) mass is 287 g/mol. The summed E-state index contributed by atoms with van der Waals surface area (Å²) >= 11 is 0. The molecule has 0 amide bonds. The molecule has 0 radical (unpaired) electrons. The molecule has 0 saturated carbocycles. The van der Waals surface area contributed by atoms with Crippen LogP contribution in [0.1, 0.15) is 39.5 Å². The number of nitrogens with two attached hydrogens (primary N) is 2. The van der Waals surface area contributed by atoms with Crippen molar-refractivity contribution < 1.29 is 0 Å². The molecule has 5 heteroatoms. The molecule has 0 aliphatic rings. The van der Waals surface area contributed by atoms with Gasteiger partial charge in [0.05, 0.1) is 5.52 Å². The maximum atomic E-state index is 6.01. The molecule has 0 unspecified atom stereocenters. The molecule has 5 N–H and O–H groups in total. The number of hydrogen-bond acceptors (Lipinski definition) is 5. The summed E-state index contributed by atoms with van der Waals surface area (Å²) in [5.74, 6) is 1.11. The number of nitrogen functional groups attached to an aromatic ring is 1. The van der Waals surface area contributed by atoms with E-state index in [-0.39, 0.29) is 5.54 Å². The Hall–Kier alpha value is -1.88. The van der Waals surface area contributed by atoms with E-state index >= 15 is 0 Å². The molecule has 114 valence electrons. The van der Waals surface area contributed by atoms with Gasteiger partial charge in [0.1, 0.15) is 5.82 Å². The van der Waals surface area contributed by atoms with Crippen molar-refractivity contribution in [2.75, 3.05) is 17.6 Å². The van der Waals surface area contributed by atoms with Crippen LogP contribution in [0.15, 0.2) is 24.3 Å². The first-order valence-corrected chi connectivity index (χ1v) is 7.52. The SMILES string of the molecule is CC(C)(CCCCCN)Nc1nc(N)c2ccccc2n1. The predicted octanol–water partition coefficient (Wildman–Crippen LogP) is 2.92. The fourth-order valence-corrected chi connectivity index (χ4v) is 2.41. The number of fused-ring (bicyclic) bond motifs is 1. The number of anilines is 2. The first-order chi connectivity index (χ1) is 10.0. The Balaban J connectivity index is 2.08. The first-order valence-electron chi connectivity index (χ1n) is 7.52. The molecule has 2 aromatic rings. The standard InChI is InChI=1S/C16H25N5/c1-16(2,10-6-3-7-11-17)21-15-19-13-9-5-4-8-12(13)14(18)20-15/h4-5,8-9H,3,6-7,10-11,17H2,1-2H3,(H3,18,19,20,21). The summed E-state index contributed by atoms with van der Waals surface area (Å²) in [5.41, 5.74) is 12.3.